The minimum absolute atomic E-state index is 0.0991. The van der Waals surface area contributed by atoms with Crippen LogP contribution in [0.4, 0.5) is 0 Å². The molecule has 0 saturated carbocycles. The normalized spacial score (nSPS) is 10.8. The summed E-state index contributed by atoms with van der Waals surface area (Å²) < 4.78 is 5.09. The Labute approximate surface area is 132 Å². The average molecular weight is 361 g/mol. The van der Waals surface area contributed by atoms with Crippen molar-refractivity contribution in [2.45, 2.75) is 52.1 Å². The first kappa shape index (κ1) is 17.4. The maximum atomic E-state index is 12.0. The van der Waals surface area contributed by atoms with Crippen LogP contribution in [0.25, 0.3) is 0 Å². The molecule has 0 atom stereocenters. The molecule has 0 spiro atoms. The van der Waals surface area contributed by atoms with E-state index in [0.29, 0.717) is 6.42 Å². The molecule has 0 aromatic carbocycles. The summed E-state index contributed by atoms with van der Waals surface area (Å²) >= 11 is 4.78. The largest absolute Gasteiger partial charge is 0.463 e. The van der Waals surface area contributed by atoms with Gasteiger partial charge in [0.2, 0.25) is 0 Å². The summed E-state index contributed by atoms with van der Waals surface area (Å²) in [5, 5.41) is 0.988. The minimum Gasteiger partial charge on any atom is -0.463 e. The van der Waals surface area contributed by atoms with Crippen molar-refractivity contribution in [2.75, 3.05) is 5.33 Å². The molecule has 20 heavy (non-hydrogen) atoms. The number of unbranched alkanes of at least 4 members (excludes halogenated alkanes) is 2. The van der Waals surface area contributed by atoms with Gasteiger partial charge in [-0.2, -0.15) is 0 Å². The molecule has 5 heteroatoms. The van der Waals surface area contributed by atoms with Gasteiger partial charge >= 0.3 is 5.97 Å². The predicted octanol–water partition coefficient (Wildman–Crippen LogP) is 4.38. The third kappa shape index (κ3) is 6.66. The Hall–Kier alpha value is -0.680. The van der Waals surface area contributed by atoms with Gasteiger partial charge in [0.05, 0.1) is 17.4 Å². The van der Waals surface area contributed by atoms with Crippen LogP contribution in [0.1, 0.15) is 54.1 Å². The monoisotopic (exact) mass is 360 g/mol. The lowest BCUT2D eigenvalue weighted by atomic mass is 10.1. The van der Waals surface area contributed by atoms with E-state index < -0.39 is 0 Å². The molecule has 3 nitrogen and oxygen atoms in total. The molecule has 1 aromatic heterocycles. The number of hydrogen-bond acceptors (Lipinski definition) is 4. The van der Waals surface area contributed by atoms with Crippen molar-refractivity contribution < 1.29 is 14.3 Å². The van der Waals surface area contributed by atoms with Crippen LogP contribution < -0.4 is 0 Å². The molecule has 0 bridgehead atoms. The zero-order valence-corrected chi connectivity index (χ0v) is 14.4. The summed E-state index contributed by atoms with van der Waals surface area (Å²) in [6, 6.07) is 3.66. The summed E-state index contributed by atoms with van der Waals surface area (Å²) in [4.78, 5) is 25.1. The Kier molecular flexibility index (Phi) is 8.07. The highest BCUT2D eigenvalue weighted by atomic mass is 79.9. The van der Waals surface area contributed by atoms with E-state index in [1.807, 2.05) is 26.0 Å². The second-order valence-electron chi connectivity index (χ2n) is 4.90. The smallest absolute Gasteiger partial charge is 0.311 e. The fourth-order valence-electron chi connectivity index (χ4n) is 1.75. The number of halogens is 1. The maximum absolute atomic E-state index is 12.0. The van der Waals surface area contributed by atoms with Crippen molar-refractivity contribution in [1.29, 1.82) is 0 Å². The van der Waals surface area contributed by atoms with E-state index >= 15 is 0 Å². The Bertz CT molecular complexity index is 440. The fourth-order valence-corrected chi connectivity index (χ4v) is 3.11. The van der Waals surface area contributed by atoms with E-state index in [2.05, 4.69) is 15.9 Å². The second kappa shape index (κ2) is 9.29. The zero-order chi connectivity index (χ0) is 15.0. The number of esters is 1. The van der Waals surface area contributed by atoms with Gasteiger partial charge in [0.1, 0.15) is 0 Å². The molecule has 0 amide bonds. The van der Waals surface area contributed by atoms with Crippen molar-refractivity contribution in [2.24, 2.45) is 0 Å². The van der Waals surface area contributed by atoms with Crippen molar-refractivity contribution in [3.8, 4) is 0 Å². The number of rotatable bonds is 9. The van der Waals surface area contributed by atoms with Crippen molar-refractivity contribution in [3.63, 3.8) is 0 Å². The number of alkyl halides is 1. The fraction of sp³-hybridized carbons (Fsp3) is 0.600. The van der Waals surface area contributed by atoms with Gasteiger partial charge in [-0.15, -0.1) is 11.3 Å². The number of ether oxygens (including phenoxy) is 1. The topological polar surface area (TPSA) is 43.4 Å². The van der Waals surface area contributed by atoms with Gasteiger partial charge in [-0.3, -0.25) is 9.59 Å². The third-order valence-corrected chi connectivity index (χ3v) is 4.35. The number of Topliss-reactive ketones (excluding diaryl/α,β-unsaturated/α-hetero) is 1. The van der Waals surface area contributed by atoms with Gasteiger partial charge in [0.15, 0.2) is 5.78 Å². The van der Waals surface area contributed by atoms with Gasteiger partial charge in [-0.05, 0) is 38.8 Å². The van der Waals surface area contributed by atoms with Crippen molar-refractivity contribution in [3.05, 3.63) is 21.9 Å². The Balaban J connectivity index is 2.42. The minimum atomic E-state index is -0.238. The number of carbonyl (C=O) groups is 2. The van der Waals surface area contributed by atoms with Crippen molar-refractivity contribution in [1.82, 2.24) is 0 Å². The molecule has 0 saturated heterocycles. The van der Waals surface area contributed by atoms with Crippen LogP contribution in [-0.4, -0.2) is 23.2 Å². The molecule has 0 aliphatic carbocycles. The van der Waals surface area contributed by atoms with E-state index in [9.17, 15) is 9.59 Å². The number of carbonyl (C=O) groups excluding carboxylic acids is 2. The van der Waals surface area contributed by atoms with Crippen LogP contribution in [0.15, 0.2) is 12.1 Å². The van der Waals surface area contributed by atoms with Crippen LogP contribution in [0.2, 0.25) is 0 Å². The van der Waals surface area contributed by atoms with E-state index in [1.54, 1.807) is 0 Å². The van der Waals surface area contributed by atoms with Gasteiger partial charge in [-0.25, -0.2) is 0 Å². The molecule has 0 radical (unpaired) electrons. The van der Waals surface area contributed by atoms with Gasteiger partial charge in [0, 0.05) is 16.6 Å². The Morgan fingerprint density at radius 3 is 2.65 bits per heavy atom. The Morgan fingerprint density at radius 1 is 1.25 bits per heavy atom. The molecule has 112 valence electrons. The number of hydrogen-bond donors (Lipinski definition) is 0. The first-order chi connectivity index (χ1) is 9.52. The van der Waals surface area contributed by atoms with Crippen LogP contribution in [0, 0.1) is 0 Å². The summed E-state index contributed by atoms with van der Waals surface area (Å²) in [7, 11) is 0. The molecule has 0 aliphatic rings. The maximum Gasteiger partial charge on any atom is 0.311 e. The van der Waals surface area contributed by atoms with E-state index in [-0.39, 0.29) is 24.3 Å². The number of thiophene rings is 1. The summed E-state index contributed by atoms with van der Waals surface area (Å²) in [6.07, 6.45) is 3.83. The van der Waals surface area contributed by atoms with Crippen LogP contribution in [-0.2, 0) is 16.0 Å². The third-order valence-electron chi connectivity index (χ3n) is 2.66. The van der Waals surface area contributed by atoms with Crippen molar-refractivity contribution >= 4 is 39.0 Å². The summed E-state index contributed by atoms with van der Waals surface area (Å²) in [5.74, 6) is -0.0637. The first-order valence-electron chi connectivity index (χ1n) is 6.90. The molecule has 1 heterocycles. The lowest BCUT2D eigenvalue weighted by Crippen LogP contribution is -2.12. The lowest BCUT2D eigenvalue weighted by Gasteiger charge is -2.06. The first-order valence-corrected chi connectivity index (χ1v) is 8.84. The van der Waals surface area contributed by atoms with Crippen LogP contribution in [0.3, 0.4) is 0 Å². The molecule has 1 aromatic rings. The molecule has 0 fully saturated rings. The average Bonchev–Trinajstić information content (AvgIpc) is 2.81. The SMILES string of the molecule is CC(C)OC(=O)Cc1ccc(C(=O)CCCCCBr)s1. The highest BCUT2D eigenvalue weighted by Gasteiger charge is 2.12. The highest BCUT2D eigenvalue weighted by Crippen LogP contribution is 2.20. The van der Waals surface area contributed by atoms with E-state index in [4.69, 9.17) is 4.74 Å². The quantitative estimate of drug-likeness (QED) is 0.284. The second-order valence-corrected chi connectivity index (χ2v) is 6.87. The molecule has 0 N–H and O–H groups in total. The highest BCUT2D eigenvalue weighted by molar-refractivity contribution is 9.09. The molecular weight excluding hydrogens is 340 g/mol. The molecule has 0 unspecified atom stereocenters. The molecular formula is C15H21BrO3S. The Morgan fingerprint density at radius 2 is 2.00 bits per heavy atom. The zero-order valence-electron chi connectivity index (χ0n) is 12.0. The summed E-state index contributed by atoms with van der Waals surface area (Å²) in [5.41, 5.74) is 0. The number of ketones is 1. The lowest BCUT2D eigenvalue weighted by molar-refractivity contribution is -0.146. The molecule has 1 rings (SSSR count). The standard InChI is InChI=1S/C15H21BrO3S/c1-11(2)19-15(18)10-12-7-8-14(20-12)13(17)6-4-3-5-9-16/h7-8,11H,3-6,9-10H2,1-2H3. The van der Waals surface area contributed by atoms with Crippen LogP contribution >= 0.6 is 27.3 Å². The predicted molar refractivity (Wildman–Crippen MR) is 85.8 cm³/mol. The van der Waals surface area contributed by atoms with E-state index in [0.717, 1.165) is 34.3 Å². The van der Waals surface area contributed by atoms with Gasteiger partial charge in [-0.1, -0.05) is 22.4 Å². The van der Waals surface area contributed by atoms with Gasteiger partial charge < -0.3 is 4.74 Å². The summed E-state index contributed by atoms with van der Waals surface area (Å²) in [6.45, 7) is 3.66. The van der Waals surface area contributed by atoms with Crippen LogP contribution in [0.5, 0.6) is 0 Å². The van der Waals surface area contributed by atoms with Gasteiger partial charge in [0.25, 0.3) is 0 Å². The van der Waals surface area contributed by atoms with E-state index in [1.165, 1.54) is 11.3 Å². The molecule has 0 aliphatic heterocycles.